The molecule has 1 unspecified atom stereocenters. The number of hydrogen-bond donors (Lipinski definition) is 1. The van der Waals surface area contributed by atoms with Gasteiger partial charge in [0.05, 0.1) is 0 Å². The van der Waals surface area contributed by atoms with E-state index in [0.29, 0.717) is 6.54 Å². The van der Waals surface area contributed by atoms with Crippen LogP contribution in [0, 0.1) is 5.92 Å². The number of carbonyl (C=O) groups is 1. The van der Waals surface area contributed by atoms with E-state index in [2.05, 4.69) is 13.8 Å². The lowest BCUT2D eigenvalue weighted by Gasteiger charge is -2.35. The molecule has 0 aliphatic carbocycles. The fraction of sp³-hybridized carbons (Fsp3) is 0.917. The standard InChI is InChI=1S/C12H22N2O2/c1-12(2)7-10(13)8-14(12)11(15)9-3-5-16-6-4-9/h9-10H,3-8,13H2,1-2H3. The summed E-state index contributed by atoms with van der Waals surface area (Å²) in [7, 11) is 0. The zero-order valence-electron chi connectivity index (χ0n) is 10.2. The molecule has 0 bridgehead atoms. The summed E-state index contributed by atoms with van der Waals surface area (Å²) in [5.74, 6) is 0.430. The summed E-state index contributed by atoms with van der Waals surface area (Å²) in [6.07, 6.45) is 2.63. The first-order chi connectivity index (χ1) is 7.50. The van der Waals surface area contributed by atoms with Crippen LogP contribution in [0.4, 0.5) is 0 Å². The number of ether oxygens (including phenoxy) is 1. The van der Waals surface area contributed by atoms with E-state index in [-0.39, 0.29) is 23.4 Å². The van der Waals surface area contributed by atoms with Crippen LogP contribution >= 0.6 is 0 Å². The minimum Gasteiger partial charge on any atom is -0.381 e. The van der Waals surface area contributed by atoms with Gasteiger partial charge in [0.15, 0.2) is 0 Å². The number of nitrogens with two attached hydrogens (primary N) is 1. The van der Waals surface area contributed by atoms with E-state index in [0.717, 1.165) is 32.5 Å². The SMILES string of the molecule is CC1(C)CC(N)CN1C(=O)C1CCOCC1. The van der Waals surface area contributed by atoms with Gasteiger partial charge >= 0.3 is 0 Å². The first-order valence-electron chi connectivity index (χ1n) is 6.15. The molecule has 2 heterocycles. The van der Waals surface area contributed by atoms with Crippen molar-refractivity contribution in [3.63, 3.8) is 0 Å². The Morgan fingerprint density at radius 3 is 2.50 bits per heavy atom. The molecule has 2 aliphatic rings. The zero-order chi connectivity index (χ0) is 11.8. The van der Waals surface area contributed by atoms with Gasteiger partial charge in [-0.2, -0.15) is 0 Å². The highest BCUT2D eigenvalue weighted by Gasteiger charge is 2.41. The monoisotopic (exact) mass is 226 g/mol. The number of amides is 1. The Hall–Kier alpha value is -0.610. The Balaban J connectivity index is 2.03. The van der Waals surface area contributed by atoms with Gasteiger partial charge in [-0.25, -0.2) is 0 Å². The van der Waals surface area contributed by atoms with Crippen molar-refractivity contribution in [3.05, 3.63) is 0 Å². The van der Waals surface area contributed by atoms with E-state index in [1.54, 1.807) is 0 Å². The van der Waals surface area contributed by atoms with Crippen molar-refractivity contribution in [2.75, 3.05) is 19.8 Å². The van der Waals surface area contributed by atoms with Crippen LogP contribution in [0.3, 0.4) is 0 Å². The second-order valence-corrected chi connectivity index (χ2v) is 5.61. The zero-order valence-corrected chi connectivity index (χ0v) is 10.2. The lowest BCUT2D eigenvalue weighted by atomic mass is 9.95. The smallest absolute Gasteiger partial charge is 0.226 e. The van der Waals surface area contributed by atoms with E-state index >= 15 is 0 Å². The van der Waals surface area contributed by atoms with Gasteiger partial charge in [-0.1, -0.05) is 0 Å². The van der Waals surface area contributed by atoms with Gasteiger partial charge in [0.25, 0.3) is 0 Å². The molecule has 16 heavy (non-hydrogen) atoms. The van der Waals surface area contributed by atoms with Crippen molar-refractivity contribution in [1.82, 2.24) is 4.90 Å². The van der Waals surface area contributed by atoms with Crippen LogP contribution in [0.1, 0.15) is 33.1 Å². The molecule has 2 saturated heterocycles. The average Bonchev–Trinajstić information content (AvgIpc) is 2.52. The number of likely N-dealkylation sites (tertiary alicyclic amines) is 1. The van der Waals surface area contributed by atoms with Gasteiger partial charge in [0.2, 0.25) is 5.91 Å². The Bertz CT molecular complexity index is 272. The molecule has 1 atom stereocenters. The summed E-state index contributed by atoms with van der Waals surface area (Å²) in [6, 6.07) is 0.138. The van der Waals surface area contributed by atoms with E-state index in [1.807, 2.05) is 4.90 Å². The van der Waals surface area contributed by atoms with Gasteiger partial charge in [-0.05, 0) is 33.1 Å². The maximum atomic E-state index is 12.4. The third-order valence-electron chi connectivity index (χ3n) is 3.75. The summed E-state index contributed by atoms with van der Waals surface area (Å²) < 4.78 is 5.29. The van der Waals surface area contributed by atoms with Crippen LogP contribution in [-0.4, -0.2) is 42.1 Å². The fourth-order valence-corrected chi connectivity index (χ4v) is 2.85. The molecule has 0 aromatic carbocycles. The fourth-order valence-electron chi connectivity index (χ4n) is 2.85. The Morgan fingerprint density at radius 2 is 2.00 bits per heavy atom. The highest BCUT2D eigenvalue weighted by atomic mass is 16.5. The molecule has 92 valence electrons. The van der Waals surface area contributed by atoms with Gasteiger partial charge in [-0.15, -0.1) is 0 Å². The summed E-state index contributed by atoms with van der Waals surface area (Å²) in [4.78, 5) is 14.4. The maximum Gasteiger partial charge on any atom is 0.226 e. The lowest BCUT2D eigenvalue weighted by molar-refractivity contribution is -0.141. The molecule has 4 heteroatoms. The molecule has 2 N–H and O–H groups in total. The minimum atomic E-state index is -0.0746. The first kappa shape index (κ1) is 11.9. The van der Waals surface area contributed by atoms with Gasteiger partial charge in [-0.3, -0.25) is 4.79 Å². The van der Waals surface area contributed by atoms with Crippen LogP contribution in [0.15, 0.2) is 0 Å². The summed E-state index contributed by atoms with van der Waals surface area (Å²) in [6.45, 7) is 6.37. The van der Waals surface area contributed by atoms with Crippen molar-refractivity contribution in [1.29, 1.82) is 0 Å². The lowest BCUT2D eigenvalue weighted by Crippen LogP contribution is -2.46. The molecular weight excluding hydrogens is 204 g/mol. The molecule has 0 aromatic rings. The van der Waals surface area contributed by atoms with Crippen LogP contribution in [0.5, 0.6) is 0 Å². The summed E-state index contributed by atoms with van der Waals surface area (Å²) >= 11 is 0. The molecule has 0 spiro atoms. The van der Waals surface area contributed by atoms with Crippen molar-refractivity contribution in [2.45, 2.75) is 44.7 Å². The predicted octanol–water partition coefficient (Wildman–Crippen LogP) is 0.751. The van der Waals surface area contributed by atoms with E-state index in [4.69, 9.17) is 10.5 Å². The Labute approximate surface area is 97.1 Å². The third kappa shape index (κ3) is 2.23. The number of hydrogen-bond acceptors (Lipinski definition) is 3. The summed E-state index contributed by atoms with van der Waals surface area (Å²) in [5.41, 5.74) is 5.87. The number of carbonyl (C=O) groups excluding carboxylic acids is 1. The van der Waals surface area contributed by atoms with Gasteiger partial charge in [0.1, 0.15) is 0 Å². The van der Waals surface area contributed by atoms with E-state index < -0.39 is 0 Å². The van der Waals surface area contributed by atoms with Crippen LogP contribution < -0.4 is 5.73 Å². The Morgan fingerprint density at radius 1 is 1.38 bits per heavy atom. The second-order valence-electron chi connectivity index (χ2n) is 5.61. The van der Waals surface area contributed by atoms with Crippen LogP contribution in [-0.2, 0) is 9.53 Å². The van der Waals surface area contributed by atoms with Crippen molar-refractivity contribution >= 4 is 5.91 Å². The highest BCUT2D eigenvalue weighted by molar-refractivity contribution is 5.80. The molecule has 2 fully saturated rings. The minimum absolute atomic E-state index is 0.0746. The quantitative estimate of drug-likeness (QED) is 0.718. The van der Waals surface area contributed by atoms with Crippen LogP contribution in [0.25, 0.3) is 0 Å². The normalized spacial score (nSPS) is 30.7. The molecule has 0 radical (unpaired) electrons. The van der Waals surface area contributed by atoms with E-state index in [9.17, 15) is 4.79 Å². The maximum absolute atomic E-state index is 12.4. The molecule has 1 amide bonds. The average molecular weight is 226 g/mol. The molecule has 0 aromatic heterocycles. The van der Waals surface area contributed by atoms with Crippen LogP contribution in [0.2, 0.25) is 0 Å². The number of nitrogens with zero attached hydrogens (tertiary/aromatic N) is 1. The molecular formula is C12H22N2O2. The molecule has 2 aliphatic heterocycles. The molecule has 2 rings (SSSR count). The van der Waals surface area contributed by atoms with Crippen molar-refractivity contribution in [2.24, 2.45) is 11.7 Å². The first-order valence-corrected chi connectivity index (χ1v) is 6.15. The van der Waals surface area contributed by atoms with Gasteiger partial charge < -0.3 is 15.4 Å². The van der Waals surface area contributed by atoms with Crippen molar-refractivity contribution in [3.8, 4) is 0 Å². The number of rotatable bonds is 1. The topological polar surface area (TPSA) is 55.6 Å². The third-order valence-corrected chi connectivity index (χ3v) is 3.75. The second kappa shape index (κ2) is 4.34. The van der Waals surface area contributed by atoms with Gasteiger partial charge in [0, 0.05) is 37.3 Å². The Kier molecular flexibility index (Phi) is 3.22. The van der Waals surface area contributed by atoms with Crippen molar-refractivity contribution < 1.29 is 9.53 Å². The van der Waals surface area contributed by atoms with E-state index in [1.165, 1.54) is 0 Å². The molecule has 0 saturated carbocycles. The highest BCUT2D eigenvalue weighted by Crippen LogP contribution is 2.31. The summed E-state index contributed by atoms with van der Waals surface area (Å²) in [5, 5.41) is 0. The predicted molar refractivity (Wildman–Crippen MR) is 61.9 cm³/mol. The largest absolute Gasteiger partial charge is 0.381 e. The molecule has 4 nitrogen and oxygen atoms in total.